The Morgan fingerprint density at radius 2 is 2.00 bits per heavy atom. The topological polar surface area (TPSA) is 55.4 Å². The summed E-state index contributed by atoms with van der Waals surface area (Å²) in [6.45, 7) is 5.34. The van der Waals surface area contributed by atoms with Crippen molar-refractivity contribution >= 4 is 9.84 Å². The summed E-state index contributed by atoms with van der Waals surface area (Å²) < 4.78 is 26.9. The molecule has 1 aliphatic rings. The predicted octanol–water partition coefficient (Wildman–Crippen LogP) is -0.202. The van der Waals surface area contributed by atoms with Gasteiger partial charge in [0.2, 0.25) is 0 Å². The zero-order valence-corrected chi connectivity index (χ0v) is 9.15. The molecule has 0 spiro atoms. The molecule has 1 saturated heterocycles. The van der Waals surface area contributed by atoms with Gasteiger partial charge in [-0.1, -0.05) is 0 Å². The van der Waals surface area contributed by atoms with Gasteiger partial charge in [-0.2, -0.15) is 0 Å². The van der Waals surface area contributed by atoms with Gasteiger partial charge in [0, 0.05) is 12.8 Å². The number of sulfone groups is 1. The van der Waals surface area contributed by atoms with Crippen LogP contribution in [-0.2, 0) is 14.6 Å². The highest BCUT2D eigenvalue weighted by atomic mass is 32.2. The predicted molar refractivity (Wildman–Crippen MR) is 51.5 cm³/mol. The molecule has 0 bridgehead atoms. The van der Waals surface area contributed by atoms with Crippen molar-refractivity contribution in [3.63, 3.8) is 0 Å². The zero-order chi connectivity index (χ0) is 10.1. The van der Waals surface area contributed by atoms with Crippen LogP contribution in [0.15, 0.2) is 0 Å². The Labute approximate surface area is 79.6 Å². The van der Waals surface area contributed by atoms with Gasteiger partial charge in [0.25, 0.3) is 0 Å². The van der Waals surface area contributed by atoms with E-state index in [0.29, 0.717) is 25.8 Å². The molecule has 0 aromatic heterocycles. The molecule has 1 heterocycles. The average Bonchev–Trinajstić information content (AvgIpc) is 1.80. The number of hydrogen-bond acceptors (Lipinski definition) is 4. The monoisotopic (exact) mass is 207 g/mol. The first-order chi connectivity index (χ1) is 5.83. The minimum absolute atomic E-state index is 0.334. The molecule has 1 N–H and O–H groups in total. The molecule has 0 unspecified atom stereocenters. The Balaban J connectivity index is 2.42. The molecule has 0 aliphatic carbocycles. The first-order valence-electron chi connectivity index (χ1n) is 4.34. The third kappa shape index (κ3) is 2.65. The Morgan fingerprint density at radius 3 is 2.31 bits per heavy atom. The molecule has 1 fully saturated rings. The van der Waals surface area contributed by atoms with E-state index in [0.717, 1.165) is 0 Å². The van der Waals surface area contributed by atoms with Gasteiger partial charge in [-0.15, -0.1) is 0 Å². The van der Waals surface area contributed by atoms with Crippen LogP contribution in [0.5, 0.6) is 0 Å². The molecule has 0 atom stereocenters. The van der Waals surface area contributed by atoms with Gasteiger partial charge in [0.1, 0.15) is 0 Å². The molecule has 78 valence electrons. The van der Waals surface area contributed by atoms with Gasteiger partial charge in [-0.25, -0.2) is 8.42 Å². The maximum atomic E-state index is 11.3. The quantitative estimate of drug-likeness (QED) is 0.693. The van der Waals surface area contributed by atoms with Crippen LogP contribution < -0.4 is 5.32 Å². The van der Waals surface area contributed by atoms with Crippen molar-refractivity contribution in [1.29, 1.82) is 0 Å². The fraction of sp³-hybridized carbons (Fsp3) is 1.00. The van der Waals surface area contributed by atoms with Crippen LogP contribution in [0.4, 0.5) is 0 Å². The van der Waals surface area contributed by atoms with Crippen molar-refractivity contribution in [2.45, 2.75) is 24.6 Å². The number of ether oxygens (including phenoxy) is 1. The second-order valence-corrected chi connectivity index (χ2v) is 6.80. The summed E-state index contributed by atoms with van der Waals surface area (Å²) in [6, 6.07) is 0.334. The van der Waals surface area contributed by atoms with E-state index in [1.807, 2.05) is 0 Å². The molecule has 5 heteroatoms. The van der Waals surface area contributed by atoms with Crippen LogP contribution in [0.1, 0.15) is 13.8 Å². The lowest BCUT2D eigenvalue weighted by molar-refractivity contribution is -0.00557. The van der Waals surface area contributed by atoms with E-state index in [1.165, 1.54) is 6.26 Å². The summed E-state index contributed by atoms with van der Waals surface area (Å²) in [6.07, 6.45) is 1.27. The van der Waals surface area contributed by atoms with Crippen LogP contribution in [0.2, 0.25) is 0 Å². The third-order valence-corrected chi connectivity index (χ3v) is 4.61. The van der Waals surface area contributed by atoms with Gasteiger partial charge in [0.15, 0.2) is 9.84 Å². The normalized spacial score (nSPS) is 19.9. The standard InChI is InChI=1S/C8H17NO3S/c1-8(2,13(3,10)11)6-9-7-4-12-5-7/h7,9H,4-6H2,1-3H3. The average molecular weight is 207 g/mol. The van der Waals surface area contributed by atoms with Crippen molar-refractivity contribution in [3.8, 4) is 0 Å². The first-order valence-corrected chi connectivity index (χ1v) is 6.23. The van der Waals surface area contributed by atoms with Gasteiger partial charge < -0.3 is 10.1 Å². The lowest BCUT2D eigenvalue weighted by atomic mass is 10.2. The molecular weight excluding hydrogens is 190 g/mol. The molecule has 0 amide bonds. The van der Waals surface area contributed by atoms with E-state index in [1.54, 1.807) is 13.8 Å². The van der Waals surface area contributed by atoms with Crippen molar-refractivity contribution in [2.24, 2.45) is 0 Å². The highest BCUT2D eigenvalue weighted by Crippen LogP contribution is 2.14. The number of rotatable bonds is 4. The number of nitrogens with one attached hydrogen (secondary N) is 1. The lowest BCUT2D eigenvalue weighted by Crippen LogP contribution is -2.52. The highest BCUT2D eigenvalue weighted by molar-refractivity contribution is 7.92. The summed E-state index contributed by atoms with van der Waals surface area (Å²) in [5.74, 6) is 0. The van der Waals surface area contributed by atoms with E-state index in [9.17, 15) is 8.42 Å². The molecular formula is C8H17NO3S. The van der Waals surface area contributed by atoms with Crippen molar-refractivity contribution in [2.75, 3.05) is 26.0 Å². The molecule has 0 aromatic rings. The number of hydrogen-bond donors (Lipinski definition) is 1. The summed E-state index contributed by atoms with van der Waals surface area (Å²) in [5.41, 5.74) is 0. The van der Waals surface area contributed by atoms with E-state index in [4.69, 9.17) is 4.74 Å². The lowest BCUT2D eigenvalue weighted by Gasteiger charge is -2.31. The largest absolute Gasteiger partial charge is 0.378 e. The van der Waals surface area contributed by atoms with Gasteiger partial charge >= 0.3 is 0 Å². The first kappa shape index (κ1) is 10.9. The Morgan fingerprint density at radius 1 is 1.46 bits per heavy atom. The van der Waals surface area contributed by atoms with Crippen LogP contribution in [0.3, 0.4) is 0 Å². The smallest absolute Gasteiger partial charge is 0.153 e. The zero-order valence-electron chi connectivity index (χ0n) is 8.33. The van der Waals surface area contributed by atoms with E-state index in [2.05, 4.69) is 5.32 Å². The molecule has 1 rings (SSSR count). The Hall–Kier alpha value is -0.130. The molecule has 0 radical (unpaired) electrons. The van der Waals surface area contributed by atoms with Gasteiger partial charge in [-0.3, -0.25) is 0 Å². The van der Waals surface area contributed by atoms with E-state index < -0.39 is 14.6 Å². The second kappa shape index (κ2) is 3.55. The van der Waals surface area contributed by atoms with E-state index >= 15 is 0 Å². The maximum absolute atomic E-state index is 11.3. The fourth-order valence-electron chi connectivity index (χ4n) is 0.875. The molecule has 4 nitrogen and oxygen atoms in total. The van der Waals surface area contributed by atoms with Gasteiger partial charge in [0.05, 0.1) is 24.0 Å². The maximum Gasteiger partial charge on any atom is 0.153 e. The summed E-state index contributed by atoms with van der Waals surface area (Å²) >= 11 is 0. The van der Waals surface area contributed by atoms with Crippen LogP contribution in [0, 0.1) is 0 Å². The second-order valence-electron chi connectivity index (χ2n) is 4.15. The van der Waals surface area contributed by atoms with Crippen LogP contribution >= 0.6 is 0 Å². The van der Waals surface area contributed by atoms with Crippen molar-refractivity contribution < 1.29 is 13.2 Å². The SMILES string of the molecule is CC(C)(CNC1COC1)S(C)(=O)=O. The minimum atomic E-state index is -2.99. The molecule has 1 aliphatic heterocycles. The van der Waals surface area contributed by atoms with Crippen molar-refractivity contribution in [1.82, 2.24) is 5.32 Å². The van der Waals surface area contributed by atoms with Crippen molar-refractivity contribution in [3.05, 3.63) is 0 Å². The van der Waals surface area contributed by atoms with Crippen LogP contribution in [-0.4, -0.2) is 45.2 Å². The minimum Gasteiger partial charge on any atom is -0.378 e. The molecule has 13 heavy (non-hydrogen) atoms. The highest BCUT2D eigenvalue weighted by Gasteiger charge is 2.31. The van der Waals surface area contributed by atoms with Gasteiger partial charge in [-0.05, 0) is 13.8 Å². The molecule has 0 aromatic carbocycles. The Bertz CT molecular complexity index is 267. The Kier molecular flexibility index (Phi) is 2.99. The third-order valence-electron chi connectivity index (χ3n) is 2.46. The summed E-state index contributed by atoms with van der Waals surface area (Å²) in [5, 5.41) is 3.16. The molecule has 0 saturated carbocycles. The van der Waals surface area contributed by atoms with E-state index in [-0.39, 0.29) is 0 Å². The summed E-state index contributed by atoms with van der Waals surface area (Å²) in [4.78, 5) is 0. The fourth-order valence-corrected chi connectivity index (χ4v) is 1.22. The van der Waals surface area contributed by atoms with Crippen LogP contribution in [0.25, 0.3) is 0 Å². The summed E-state index contributed by atoms with van der Waals surface area (Å²) in [7, 11) is -2.99.